The smallest absolute Gasteiger partial charge is 0.0703 e. The van der Waals surface area contributed by atoms with Gasteiger partial charge in [-0.3, -0.25) is 0 Å². The Labute approximate surface area is 264 Å². The molecule has 0 bridgehead atoms. The lowest BCUT2D eigenvalue weighted by atomic mass is 10.5. The van der Waals surface area contributed by atoms with Gasteiger partial charge in [0.1, 0.15) is 0 Å². The van der Waals surface area contributed by atoms with Crippen molar-refractivity contribution < 1.29 is 61.6 Å². The maximum atomic E-state index is 5.51. The van der Waals surface area contributed by atoms with Crippen LogP contribution in [-0.4, -0.2) is 177 Å². The number of ether oxygens (including phenoxy) is 13. The van der Waals surface area contributed by atoms with Crippen LogP contribution >= 0.6 is 11.6 Å². The molecule has 0 aliphatic rings. The molecule has 0 aromatic heterocycles. The minimum absolute atomic E-state index is 0.231. The Morgan fingerprint density at radius 2 is 0.442 bits per heavy atom. The molecule has 0 heterocycles. The highest BCUT2D eigenvalue weighted by molar-refractivity contribution is 6.17. The van der Waals surface area contributed by atoms with E-state index in [0.29, 0.717) is 171 Å². The lowest BCUT2D eigenvalue weighted by Crippen LogP contribution is -2.15. The molecule has 13 nitrogen and oxygen atoms in total. The molecule has 0 N–H and O–H groups in total. The van der Waals surface area contributed by atoms with E-state index in [4.69, 9.17) is 73.2 Å². The fourth-order valence-electron chi connectivity index (χ4n) is 2.92. The Hall–Kier alpha value is -0.230. The van der Waals surface area contributed by atoms with Crippen molar-refractivity contribution in [3.63, 3.8) is 0 Å². The van der Waals surface area contributed by atoms with Gasteiger partial charge in [0, 0.05) is 5.88 Å². The molecule has 0 fully saturated rings. The molecule has 0 unspecified atom stereocenters. The van der Waals surface area contributed by atoms with Crippen molar-refractivity contribution in [1.82, 2.24) is 0 Å². The average Bonchev–Trinajstić information content (AvgIpc) is 3.00. The minimum Gasteiger partial charge on any atom is -0.378 e. The first-order valence-electron chi connectivity index (χ1n) is 15.4. The quantitative estimate of drug-likeness (QED) is 0.0712. The van der Waals surface area contributed by atoms with Gasteiger partial charge in [0.15, 0.2) is 0 Å². The highest BCUT2D eigenvalue weighted by atomic mass is 35.5. The van der Waals surface area contributed by atoms with E-state index in [0.717, 1.165) is 0 Å². The van der Waals surface area contributed by atoms with Gasteiger partial charge in [0.25, 0.3) is 0 Å². The van der Waals surface area contributed by atoms with Gasteiger partial charge in [0.05, 0.1) is 171 Å². The monoisotopic (exact) mass is 650 g/mol. The Balaban J connectivity index is 3.03. The molecule has 14 heteroatoms. The molecule has 0 radical (unpaired) electrons. The van der Waals surface area contributed by atoms with E-state index in [9.17, 15) is 0 Å². The van der Waals surface area contributed by atoms with Gasteiger partial charge in [0.2, 0.25) is 0 Å². The second-order valence-corrected chi connectivity index (χ2v) is 9.33. The van der Waals surface area contributed by atoms with Crippen LogP contribution in [0.25, 0.3) is 0 Å². The van der Waals surface area contributed by atoms with Crippen LogP contribution in [0, 0.1) is 0 Å². The van der Waals surface area contributed by atoms with Crippen molar-refractivity contribution >= 4 is 11.6 Å². The summed E-state index contributed by atoms with van der Waals surface area (Å²) in [7, 11) is 0. The number of hydrogen-bond donors (Lipinski definition) is 0. The molecule has 0 aliphatic heterocycles. The maximum absolute atomic E-state index is 5.51. The third-order valence-corrected chi connectivity index (χ3v) is 5.15. The van der Waals surface area contributed by atoms with E-state index in [1.165, 1.54) is 0 Å². The number of alkyl halides is 1. The Kier molecular flexibility index (Phi) is 39.6. The predicted octanol–water partition coefficient (Wildman–Crippen LogP) is 1.85. The van der Waals surface area contributed by atoms with E-state index >= 15 is 0 Å². The summed E-state index contributed by atoms with van der Waals surface area (Å²) in [5, 5.41) is 0. The highest BCUT2D eigenvalue weighted by Crippen LogP contribution is 1.89. The SMILES string of the molecule is CC(C)OCCOCCOCCOCCOCCOCCOCCOCCOCCOCCOCCOCCOCCCl. The van der Waals surface area contributed by atoms with Crippen molar-refractivity contribution in [1.29, 1.82) is 0 Å². The summed E-state index contributed by atoms with van der Waals surface area (Å²) in [6.45, 7) is 17.3. The summed E-state index contributed by atoms with van der Waals surface area (Å²) in [5.41, 5.74) is 0. The van der Waals surface area contributed by atoms with Crippen LogP contribution < -0.4 is 0 Å². The number of rotatable bonds is 39. The predicted molar refractivity (Wildman–Crippen MR) is 162 cm³/mol. The normalized spacial score (nSPS) is 11.7. The van der Waals surface area contributed by atoms with Crippen LogP contribution in [0.4, 0.5) is 0 Å². The largest absolute Gasteiger partial charge is 0.378 e. The van der Waals surface area contributed by atoms with Gasteiger partial charge in [-0.05, 0) is 13.8 Å². The first-order chi connectivity index (χ1) is 21.3. The van der Waals surface area contributed by atoms with Gasteiger partial charge in [-0.2, -0.15) is 0 Å². The molecule has 0 saturated carbocycles. The van der Waals surface area contributed by atoms with E-state index in [1.54, 1.807) is 0 Å². The van der Waals surface area contributed by atoms with Crippen molar-refractivity contribution in [2.45, 2.75) is 20.0 Å². The molecule has 0 atom stereocenters. The zero-order chi connectivity index (χ0) is 31.2. The van der Waals surface area contributed by atoms with Crippen molar-refractivity contribution in [2.24, 2.45) is 0 Å². The van der Waals surface area contributed by atoms with Gasteiger partial charge in [-0.1, -0.05) is 0 Å². The van der Waals surface area contributed by atoms with Crippen LogP contribution in [0.2, 0.25) is 0 Å². The third-order valence-electron chi connectivity index (χ3n) is 4.99. The molecule has 0 rings (SSSR count). The van der Waals surface area contributed by atoms with Crippen LogP contribution in [0.15, 0.2) is 0 Å². The van der Waals surface area contributed by atoms with E-state index in [1.807, 2.05) is 13.8 Å². The molecular formula is C29H59ClO13. The topological polar surface area (TPSA) is 120 Å². The second-order valence-electron chi connectivity index (χ2n) is 8.96. The van der Waals surface area contributed by atoms with Gasteiger partial charge in [-0.25, -0.2) is 0 Å². The lowest BCUT2D eigenvalue weighted by molar-refractivity contribution is -0.0297. The Bertz CT molecular complexity index is 495. The van der Waals surface area contributed by atoms with Gasteiger partial charge >= 0.3 is 0 Å². The Morgan fingerprint density at radius 1 is 0.279 bits per heavy atom. The van der Waals surface area contributed by atoms with Gasteiger partial charge < -0.3 is 61.6 Å². The summed E-state index contributed by atoms with van der Waals surface area (Å²) < 4.78 is 70.4. The third kappa shape index (κ3) is 41.8. The van der Waals surface area contributed by atoms with Crippen LogP contribution in [0.3, 0.4) is 0 Å². The fourth-order valence-corrected chi connectivity index (χ4v) is 3.03. The summed E-state index contributed by atoms with van der Waals surface area (Å²) in [5.74, 6) is 0.498. The number of hydrogen-bond acceptors (Lipinski definition) is 13. The fraction of sp³-hybridized carbons (Fsp3) is 1.00. The molecule has 0 aromatic rings. The molecule has 0 aliphatic carbocycles. The molecule has 0 amide bonds. The number of halogens is 1. The second kappa shape index (κ2) is 39.8. The molecule has 260 valence electrons. The van der Waals surface area contributed by atoms with Crippen LogP contribution in [0.1, 0.15) is 13.8 Å². The average molecular weight is 651 g/mol. The molecule has 0 saturated heterocycles. The van der Waals surface area contributed by atoms with E-state index in [2.05, 4.69) is 0 Å². The van der Waals surface area contributed by atoms with Crippen molar-refractivity contribution in [2.75, 3.05) is 171 Å². The maximum Gasteiger partial charge on any atom is 0.0703 e. The summed E-state index contributed by atoms with van der Waals surface area (Å²) in [6.07, 6.45) is 0.231. The van der Waals surface area contributed by atoms with Crippen LogP contribution in [-0.2, 0) is 61.6 Å². The zero-order valence-corrected chi connectivity index (χ0v) is 27.4. The summed E-state index contributed by atoms with van der Waals surface area (Å²) in [6, 6.07) is 0. The first kappa shape index (κ1) is 42.8. The zero-order valence-electron chi connectivity index (χ0n) is 26.6. The van der Waals surface area contributed by atoms with Crippen molar-refractivity contribution in [3.8, 4) is 0 Å². The summed E-state index contributed by atoms with van der Waals surface area (Å²) in [4.78, 5) is 0. The van der Waals surface area contributed by atoms with E-state index < -0.39 is 0 Å². The van der Waals surface area contributed by atoms with Crippen molar-refractivity contribution in [3.05, 3.63) is 0 Å². The standard InChI is InChI=1S/C29H59ClO13/c1-29(2)43-28-27-42-26-25-41-24-23-40-22-21-39-20-19-38-18-17-37-16-15-36-14-13-35-12-11-34-10-9-33-8-7-32-6-5-31-4-3-30/h29H,3-28H2,1-2H3. The lowest BCUT2D eigenvalue weighted by Gasteiger charge is -2.09. The minimum atomic E-state index is 0.231. The molecular weight excluding hydrogens is 592 g/mol. The first-order valence-corrected chi connectivity index (χ1v) is 15.9. The highest BCUT2D eigenvalue weighted by Gasteiger charge is 1.97. The molecule has 0 aromatic carbocycles. The van der Waals surface area contributed by atoms with Gasteiger partial charge in [-0.15, -0.1) is 11.6 Å². The molecule has 43 heavy (non-hydrogen) atoms. The molecule has 0 spiro atoms. The van der Waals surface area contributed by atoms with Crippen LogP contribution in [0.5, 0.6) is 0 Å². The van der Waals surface area contributed by atoms with E-state index in [-0.39, 0.29) is 6.10 Å². The Morgan fingerprint density at radius 3 is 0.605 bits per heavy atom. The summed E-state index contributed by atoms with van der Waals surface area (Å²) >= 11 is 5.51.